The summed E-state index contributed by atoms with van der Waals surface area (Å²) in [6.07, 6.45) is 19.3. The van der Waals surface area contributed by atoms with E-state index in [4.69, 9.17) is 0 Å². The molecule has 0 aliphatic carbocycles. The quantitative estimate of drug-likeness (QED) is 0.263. The van der Waals surface area contributed by atoms with Crippen molar-refractivity contribution in [1.82, 2.24) is 0 Å². The van der Waals surface area contributed by atoms with Crippen molar-refractivity contribution in [1.29, 1.82) is 0 Å². The average molecular weight is 238 g/mol. The Kier molecular flexibility index (Phi) is 13.6. The maximum absolute atomic E-state index is 2.42. The summed E-state index contributed by atoms with van der Waals surface area (Å²) in [5, 5.41) is 0. The van der Waals surface area contributed by atoms with E-state index >= 15 is 0 Å². The first kappa shape index (κ1) is 16.7. The van der Waals surface area contributed by atoms with Crippen molar-refractivity contribution in [2.24, 2.45) is 0 Å². The van der Waals surface area contributed by atoms with Crippen molar-refractivity contribution in [2.75, 3.05) is 0 Å². The van der Waals surface area contributed by atoms with Gasteiger partial charge in [0.2, 0.25) is 0 Å². The Morgan fingerprint density at radius 2 is 1.18 bits per heavy atom. The van der Waals surface area contributed by atoms with Crippen molar-refractivity contribution in [3.8, 4) is 0 Å². The summed E-state index contributed by atoms with van der Waals surface area (Å²) in [4.78, 5) is 0. The Labute approximate surface area is 110 Å². The molecule has 0 aromatic rings. The molecule has 0 saturated heterocycles. The predicted molar refractivity (Wildman–Crippen MR) is 80.5 cm³/mol. The first-order valence-electron chi connectivity index (χ1n) is 7.96. The second-order valence-corrected chi connectivity index (χ2v) is 5.37. The highest BCUT2D eigenvalue weighted by Gasteiger charge is 1.92. The minimum atomic E-state index is 1.22. The van der Waals surface area contributed by atoms with Crippen LogP contribution >= 0.6 is 0 Å². The number of hydrogen-bond acceptors (Lipinski definition) is 0. The molecular formula is C17H34. The molecule has 0 atom stereocenters. The molecule has 0 unspecified atom stereocenters. The molecule has 0 aliphatic rings. The van der Waals surface area contributed by atoms with Crippen LogP contribution in [0.3, 0.4) is 0 Å². The van der Waals surface area contributed by atoms with Gasteiger partial charge in [0.1, 0.15) is 0 Å². The van der Waals surface area contributed by atoms with E-state index in [-0.39, 0.29) is 0 Å². The van der Waals surface area contributed by atoms with Gasteiger partial charge >= 0.3 is 0 Å². The molecule has 102 valence electrons. The maximum atomic E-state index is 2.42. The third-order valence-corrected chi connectivity index (χ3v) is 3.61. The van der Waals surface area contributed by atoms with Crippen LogP contribution in [-0.2, 0) is 0 Å². The first-order valence-corrected chi connectivity index (χ1v) is 7.96. The predicted octanol–water partition coefficient (Wildman–Crippen LogP) is 6.65. The van der Waals surface area contributed by atoms with E-state index in [1.54, 1.807) is 5.57 Å². The van der Waals surface area contributed by atoms with Crippen molar-refractivity contribution in [2.45, 2.75) is 97.8 Å². The van der Waals surface area contributed by atoms with E-state index < -0.39 is 0 Å². The molecule has 0 bridgehead atoms. The lowest BCUT2D eigenvalue weighted by atomic mass is 10.1. The van der Waals surface area contributed by atoms with Gasteiger partial charge in [0.15, 0.2) is 0 Å². The lowest BCUT2D eigenvalue weighted by molar-refractivity contribution is 0.557. The molecule has 0 nitrogen and oxygen atoms in total. The second-order valence-electron chi connectivity index (χ2n) is 5.37. The molecule has 0 N–H and O–H groups in total. The van der Waals surface area contributed by atoms with Gasteiger partial charge in [-0.3, -0.25) is 0 Å². The standard InChI is InChI=1S/C17H34/c1-4-6-7-8-9-10-11-12-13-14-15-16-17(3)5-2/h16H,4-15H2,1-3H3/b17-16+. The fourth-order valence-corrected chi connectivity index (χ4v) is 2.12. The Balaban J connectivity index is 3.04. The van der Waals surface area contributed by atoms with Gasteiger partial charge in [0.25, 0.3) is 0 Å². The summed E-state index contributed by atoms with van der Waals surface area (Å²) in [5.41, 5.74) is 1.56. The van der Waals surface area contributed by atoms with Crippen LogP contribution in [0.5, 0.6) is 0 Å². The molecule has 0 aromatic carbocycles. The number of unbranched alkanes of at least 4 members (excludes halogenated alkanes) is 10. The topological polar surface area (TPSA) is 0 Å². The molecule has 0 amide bonds. The van der Waals surface area contributed by atoms with Gasteiger partial charge in [-0.25, -0.2) is 0 Å². The summed E-state index contributed by atoms with van der Waals surface area (Å²) in [7, 11) is 0. The lowest BCUT2D eigenvalue weighted by Crippen LogP contribution is -1.81. The second kappa shape index (κ2) is 13.8. The highest BCUT2D eigenvalue weighted by Crippen LogP contribution is 2.12. The Bertz CT molecular complexity index is 167. The van der Waals surface area contributed by atoms with Crippen LogP contribution in [0.2, 0.25) is 0 Å². The third-order valence-electron chi connectivity index (χ3n) is 3.61. The molecule has 0 aromatic heterocycles. The van der Waals surface area contributed by atoms with E-state index in [1.165, 1.54) is 77.0 Å². The van der Waals surface area contributed by atoms with E-state index in [0.29, 0.717) is 0 Å². The molecule has 0 radical (unpaired) electrons. The van der Waals surface area contributed by atoms with Gasteiger partial charge in [-0.1, -0.05) is 83.3 Å². The summed E-state index contributed by atoms with van der Waals surface area (Å²) < 4.78 is 0. The van der Waals surface area contributed by atoms with Crippen LogP contribution in [0, 0.1) is 0 Å². The lowest BCUT2D eigenvalue weighted by Gasteiger charge is -2.01. The van der Waals surface area contributed by atoms with E-state index in [9.17, 15) is 0 Å². The first-order chi connectivity index (χ1) is 8.31. The Morgan fingerprint density at radius 3 is 1.65 bits per heavy atom. The zero-order valence-electron chi connectivity index (χ0n) is 12.6. The maximum Gasteiger partial charge on any atom is -0.0348 e. The van der Waals surface area contributed by atoms with Crippen molar-refractivity contribution < 1.29 is 0 Å². The number of hydrogen-bond donors (Lipinski definition) is 0. The molecule has 0 saturated carbocycles. The van der Waals surface area contributed by atoms with Crippen LogP contribution in [0.4, 0.5) is 0 Å². The van der Waals surface area contributed by atoms with Crippen molar-refractivity contribution >= 4 is 0 Å². The minimum Gasteiger partial charge on any atom is -0.0856 e. The zero-order valence-corrected chi connectivity index (χ0v) is 12.6. The Hall–Kier alpha value is -0.260. The van der Waals surface area contributed by atoms with Crippen molar-refractivity contribution in [3.05, 3.63) is 11.6 Å². The summed E-state index contributed by atoms with van der Waals surface area (Å²) >= 11 is 0. The van der Waals surface area contributed by atoms with Gasteiger partial charge in [-0.15, -0.1) is 0 Å². The highest BCUT2D eigenvalue weighted by atomic mass is 14.0. The number of allylic oxidation sites excluding steroid dienone is 2. The van der Waals surface area contributed by atoms with Crippen LogP contribution in [0.1, 0.15) is 97.8 Å². The normalized spacial score (nSPS) is 12.1. The molecule has 17 heavy (non-hydrogen) atoms. The van der Waals surface area contributed by atoms with E-state index in [2.05, 4.69) is 26.8 Å². The zero-order chi connectivity index (χ0) is 12.8. The van der Waals surface area contributed by atoms with Gasteiger partial charge in [0.05, 0.1) is 0 Å². The Morgan fingerprint density at radius 1 is 0.706 bits per heavy atom. The fraction of sp³-hybridized carbons (Fsp3) is 0.882. The molecular weight excluding hydrogens is 204 g/mol. The van der Waals surface area contributed by atoms with Gasteiger partial charge in [-0.05, 0) is 26.2 Å². The minimum absolute atomic E-state index is 1.22. The van der Waals surface area contributed by atoms with Crippen LogP contribution in [0.25, 0.3) is 0 Å². The smallest absolute Gasteiger partial charge is 0.0348 e. The van der Waals surface area contributed by atoms with Gasteiger partial charge in [-0.2, -0.15) is 0 Å². The SMILES string of the molecule is CCCCCCCCCCCC/C=C(\C)CC. The van der Waals surface area contributed by atoms with E-state index in [0.717, 1.165) is 0 Å². The highest BCUT2D eigenvalue weighted by molar-refractivity contribution is 4.96. The molecule has 0 spiro atoms. The number of rotatable bonds is 12. The van der Waals surface area contributed by atoms with Crippen LogP contribution in [0.15, 0.2) is 11.6 Å². The molecule has 0 fully saturated rings. The van der Waals surface area contributed by atoms with Crippen LogP contribution in [-0.4, -0.2) is 0 Å². The summed E-state index contributed by atoms with van der Waals surface area (Å²) in [6.45, 7) is 6.77. The fourth-order valence-electron chi connectivity index (χ4n) is 2.12. The van der Waals surface area contributed by atoms with Gasteiger partial charge in [0, 0.05) is 0 Å². The van der Waals surface area contributed by atoms with Crippen molar-refractivity contribution in [3.63, 3.8) is 0 Å². The molecule has 0 rings (SSSR count). The van der Waals surface area contributed by atoms with Crippen LogP contribution < -0.4 is 0 Å². The molecule has 0 heteroatoms. The van der Waals surface area contributed by atoms with E-state index in [1.807, 2.05) is 0 Å². The monoisotopic (exact) mass is 238 g/mol. The third kappa shape index (κ3) is 13.7. The molecule has 0 aliphatic heterocycles. The summed E-state index contributed by atoms with van der Waals surface area (Å²) in [6, 6.07) is 0. The summed E-state index contributed by atoms with van der Waals surface area (Å²) in [5.74, 6) is 0. The largest absolute Gasteiger partial charge is 0.0856 e. The molecule has 0 heterocycles. The van der Waals surface area contributed by atoms with Gasteiger partial charge < -0.3 is 0 Å². The average Bonchev–Trinajstić information content (AvgIpc) is 2.35.